The van der Waals surface area contributed by atoms with Crippen LogP contribution in [0, 0.1) is 5.92 Å². The maximum atomic E-state index is 13.3. The Hall–Kier alpha value is -2.68. The van der Waals surface area contributed by atoms with Gasteiger partial charge in [-0.15, -0.1) is 10.2 Å². The smallest absolute Gasteiger partial charge is 0.228 e. The van der Waals surface area contributed by atoms with Crippen molar-refractivity contribution >= 4 is 39.1 Å². The van der Waals surface area contributed by atoms with Crippen LogP contribution in [0.1, 0.15) is 32.1 Å². The van der Waals surface area contributed by atoms with E-state index < -0.39 is 0 Å². The molecule has 3 fully saturated rings. The van der Waals surface area contributed by atoms with E-state index in [4.69, 9.17) is 0 Å². The number of piperazine rings is 1. The Morgan fingerprint density at radius 2 is 1.66 bits per heavy atom. The summed E-state index contributed by atoms with van der Waals surface area (Å²) in [5, 5.41) is 10.2. The fourth-order valence-electron chi connectivity index (χ4n) is 4.89. The molecule has 2 amide bonds. The minimum absolute atomic E-state index is 0.00371. The molecule has 3 aliphatic rings. The molecule has 0 bridgehead atoms. The fourth-order valence-corrected chi connectivity index (χ4v) is 5.81. The van der Waals surface area contributed by atoms with Gasteiger partial charge in [-0.05, 0) is 37.8 Å². The minimum Gasteiger partial charge on any atom is -0.368 e. The molecule has 1 aromatic heterocycles. The lowest BCUT2D eigenvalue weighted by atomic mass is 9.96. The second kappa shape index (κ2) is 9.44. The molecule has 2 aromatic rings. The van der Waals surface area contributed by atoms with Crippen molar-refractivity contribution < 1.29 is 9.59 Å². The van der Waals surface area contributed by atoms with Crippen molar-refractivity contribution in [2.75, 3.05) is 60.5 Å². The van der Waals surface area contributed by atoms with Crippen LogP contribution < -0.4 is 14.7 Å². The number of amides is 2. The second-order valence-electron chi connectivity index (χ2n) is 8.80. The SMILES string of the molecule is O=C([C@@H]1CCCN(c2nnc(N3CCCCC3=O)s2)C1)N1CCN(c2ccccc2)CC1. The third-order valence-corrected chi connectivity index (χ3v) is 7.72. The molecule has 0 saturated carbocycles. The summed E-state index contributed by atoms with van der Waals surface area (Å²) in [7, 11) is 0. The van der Waals surface area contributed by atoms with Gasteiger partial charge in [-0.1, -0.05) is 29.5 Å². The van der Waals surface area contributed by atoms with E-state index in [0.29, 0.717) is 18.1 Å². The molecule has 170 valence electrons. The first-order valence-electron chi connectivity index (χ1n) is 11.7. The Morgan fingerprint density at radius 1 is 0.875 bits per heavy atom. The lowest BCUT2D eigenvalue weighted by Gasteiger charge is -2.39. The Bertz CT molecular complexity index is 943. The summed E-state index contributed by atoms with van der Waals surface area (Å²) in [4.78, 5) is 33.8. The molecule has 0 aliphatic carbocycles. The van der Waals surface area contributed by atoms with Gasteiger partial charge in [0, 0.05) is 57.9 Å². The van der Waals surface area contributed by atoms with E-state index in [1.165, 1.54) is 17.0 Å². The van der Waals surface area contributed by atoms with E-state index >= 15 is 0 Å². The highest BCUT2D eigenvalue weighted by Gasteiger charge is 2.33. The molecule has 3 aliphatic heterocycles. The van der Waals surface area contributed by atoms with Gasteiger partial charge in [0.1, 0.15) is 0 Å². The highest BCUT2D eigenvalue weighted by Crippen LogP contribution is 2.32. The van der Waals surface area contributed by atoms with Crippen molar-refractivity contribution in [2.24, 2.45) is 5.92 Å². The van der Waals surface area contributed by atoms with Crippen molar-refractivity contribution in [3.63, 3.8) is 0 Å². The maximum absolute atomic E-state index is 13.3. The highest BCUT2D eigenvalue weighted by molar-refractivity contribution is 7.19. The number of anilines is 3. The second-order valence-corrected chi connectivity index (χ2v) is 9.74. The predicted molar refractivity (Wildman–Crippen MR) is 126 cm³/mol. The Labute approximate surface area is 192 Å². The third kappa shape index (κ3) is 4.44. The number of benzene rings is 1. The van der Waals surface area contributed by atoms with Crippen molar-refractivity contribution in [1.82, 2.24) is 15.1 Å². The van der Waals surface area contributed by atoms with E-state index in [1.54, 1.807) is 4.90 Å². The molecule has 1 aromatic carbocycles. The number of nitrogens with zero attached hydrogens (tertiary/aromatic N) is 6. The number of aromatic nitrogens is 2. The molecular weight excluding hydrogens is 424 g/mol. The van der Waals surface area contributed by atoms with Crippen LogP contribution in [0.15, 0.2) is 30.3 Å². The number of hydrogen-bond donors (Lipinski definition) is 0. The molecule has 0 spiro atoms. The third-order valence-electron chi connectivity index (χ3n) is 6.71. The molecule has 0 radical (unpaired) electrons. The van der Waals surface area contributed by atoms with Gasteiger partial charge < -0.3 is 14.7 Å². The first kappa shape index (κ1) is 21.2. The molecule has 8 nitrogen and oxygen atoms in total. The van der Waals surface area contributed by atoms with E-state index in [0.717, 1.165) is 70.1 Å². The number of carbonyl (C=O) groups is 2. The van der Waals surface area contributed by atoms with Crippen molar-refractivity contribution in [2.45, 2.75) is 32.1 Å². The molecule has 5 rings (SSSR count). The quantitative estimate of drug-likeness (QED) is 0.707. The first-order chi connectivity index (χ1) is 15.7. The van der Waals surface area contributed by atoms with E-state index in [1.807, 2.05) is 11.0 Å². The molecule has 3 saturated heterocycles. The van der Waals surface area contributed by atoms with Crippen LogP contribution in [0.5, 0.6) is 0 Å². The molecule has 0 unspecified atom stereocenters. The van der Waals surface area contributed by atoms with E-state index in [-0.39, 0.29) is 17.7 Å². The summed E-state index contributed by atoms with van der Waals surface area (Å²) in [6.45, 7) is 5.57. The van der Waals surface area contributed by atoms with Crippen molar-refractivity contribution in [3.05, 3.63) is 30.3 Å². The van der Waals surface area contributed by atoms with Crippen LogP contribution in [-0.2, 0) is 9.59 Å². The zero-order valence-electron chi connectivity index (χ0n) is 18.4. The van der Waals surface area contributed by atoms with Crippen molar-refractivity contribution in [3.8, 4) is 0 Å². The number of piperidine rings is 2. The van der Waals surface area contributed by atoms with E-state index in [2.05, 4.69) is 44.3 Å². The lowest BCUT2D eigenvalue weighted by molar-refractivity contribution is -0.136. The average molecular weight is 455 g/mol. The summed E-state index contributed by atoms with van der Waals surface area (Å²) in [5.74, 6) is 0.398. The molecule has 32 heavy (non-hydrogen) atoms. The summed E-state index contributed by atoms with van der Waals surface area (Å²) in [6.07, 6.45) is 4.45. The monoisotopic (exact) mass is 454 g/mol. The van der Waals surface area contributed by atoms with Crippen LogP contribution in [0.3, 0.4) is 0 Å². The minimum atomic E-state index is -0.00371. The molecule has 0 N–H and O–H groups in total. The number of para-hydroxylation sites is 1. The normalized spacial score (nSPS) is 22.4. The van der Waals surface area contributed by atoms with Gasteiger partial charge in [0.25, 0.3) is 0 Å². The van der Waals surface area contributed by atoms with Crippen LogP contribution in [0.4, 0.5) is 16.0 Å². The lowest BCUT2D eigenvalue weighted by Crippen LogP contribution is -2.52. The van der Waals surface area contributed by atoms with Gasteiger partial charge in [0.2, 0.25) is 22.1 Å². The van der Waals surface area contributed by atoms with Gasteiger partial charge in [0.15, 0.2) is 0 Å². The topological polar surface area (TPSA) is 72.9 Å². The van der Waals surface area contributed by atoms with Crippen molar-refractivity contribution in [1.29, 1.82) is 0 Å². The molecule has 9 heteroatoms. The van der Waals surface area contributed by atoms with Gasteiger partial charge >= 0.3 is 0 Å². The van der Waals surface area contributed by atoms with Gasteiger partial charge in [-0.2, -0.15) is 0 Å². The van der Waals surface area contributed by atoms with Gasteiger partial charge in [-0.25, -0.2) is 0 Å². The first-order valence-corrected chi connectivity index (χ1v) is 12.5. The number of hydrogen-bond acceptors (Lipinski definition) is 7. The molecule has 4 heterocycles. The number of carbonyl (C=O) groups excluding carboxylic acids is 2. The molecular formula is C23H30N6O2S. The fraction of sp³-hybridized carbons (Fsp3) is 0.565. The summed E-state index contributed by atoms with van der Waals surface area (Å²) in [6, 6.07) is 10.4. The Morgan fingerprint density at radius 3 is 2.44 bits per heavy atom. The molecule has 1 atom stereocenters. The number of rotatable bonds is 4. The van der Waals surface area contributed by atoms with Crippen LogP contribution in [-0.4, -0.2) is 72.7 Å². The maximum Gasteiger partial charge on any atom is 0.228 e. The van der Waals surface area contributed by atoms with Crippen LogP contribution >= 0.6 is 11.3 Å². The highest BCUT2D eigenvalue weighted by atomic mass is 32.1. The van der Waals surface area contributed by atoms with Crippen LogP contribution in [0.2, 0.25) is 0 Å². The van der Waals surface area contributed by atoms with E-state index in [9.17, 15) is 9.59 Å². The predicted octanol–water partition coefficient (Wildman–Crippen LogP) is 2.62. The van der Waals surface area contributed by atoms with Crippen LogP contribution in [0.25, 0.3) is 0 Å². The summed E-state index contributed by atoms with van der Waals surface area (Å²) in [5.41, 5.74) is 1.22. The standard InChI is InChI=1S/C23H30N6O2S/c30-20-10-4-5-12-29(20)23-25-24-22(32-23)28-11-6-7-18(17-28)21(31)27-15-13-26(14-16-27)19-8-2-1-3-9-19/h1-3,8-9,18H,4-7,10-17H2/t18-/m1/s1. The Kier molecular flexibility index (Phi) is 6.25. The van der Waals surface area contributed by atoms with Gasteiger partial charge in [-0.3, -0.25) is 14.5 Å². The zero-order valence-corrected chi connectivity index (χ0v) is 19.2. The Balaban J connectivity index is 1.18. The zero-order chi connectivity index (χ0) is 21.9. The largest absolute Gasteiger partial charge is 0.368 e. The summed E-state index contributed by atoms with van der Waals surface area (Å²) < 4.78 is 0. The van der Waals surface area contributed by atoms with Gasteiger partial charge in [0.05, 0.1) is 5.92 Å². The summed E-state index contributed by atoms with van der Waals surface area (Å²) >= 11 is 1.47. The average Bonchev–Trinajstić information content (AvgIpc) is 3.35.